The Labute approximate surface area is 130 Å². The van der Waals surface area contributed by atoms with Gasteiger partial charge in [0.25, 0.3) is 0 Å². The lowest BCUT2D eigenvalue weighted by Gasteiger charge is -2.03. The summed E-state index contributed by atoms with van der Waals surface area (Å²) in [7, 11) is 0. The molecule has 5 heteroatoms. The van der Waals surface area contributed by atoms with E-state index < -0.39 is 0 Å². The molecular weight excluding hydrogens is 313 g/mol. The number of aromatic nitrogens is 1. The molecule has 2 aromatic carbocycles. The number of carbonyl (C=O) groups is 1. The van der Waals surface area contributed by atoms with Crippen LogP contribution in [-0.2, 0) is 6.42 Å². The van der Waals surface area contributed by atoms with Crippen molar-refractivity contribution in [3.8, 4) is 0 Å². The zero-order valence-electron chi connectivity index (χ0n) is 10.3. The third-order valence-electron chi connectivity index (χ3n) is 2.90. The number of benzene rings is 2. The molecule has 1 aromatic heterocycles. The molecule has 20 heavy (non-hydrogen) atoms. The lowest BCUT2D eigenvalue weighted by molar-refractivity contribution is 0.0993. The van der Waals surface area contributed by atoms with Crippen LogP contribution in [0.5, 0.6) is 0 Å². The second-order valence-electron chi connectivity index (χ2n) is 4.28. The van der Waals surface area contributed by atoms with Gasteiger partial charge in [0.15, 0.2) is 5.78 Å². The molecule has 0 aliphatic carbocycles. The maximum absolute atomic E-state index is 12.3. The first-order chi connectivity index (χ1) is 9.65. The number of nitrogens with zero attached hydrogens (tertiary/aromatic N) is 1. The van der Waals surface area contributed by atoms with E-state index in [0.717, 1.165) is 15.2 Å². The van der Waals surface area contributed by atoms with Gasteiger partial charge in [0.05, 0.1) is 26.7 Å². The molecule has 0 unspecified atom stereocenters. The highest BCUT2D eigenvalue weighted by molar-refractivity contribution is 7.18. The minimum atomic E-state index is -0.0726. The maximum Gasteiger partial charge on any atom is 0.171 e. The van der Waals surface area contributed by atoms with Gasteiger partial charge in [-0.3, -0.25) is 4.79 Å². The summed E-state index contributed by atoms with van der Waals surface area (Å²) in [6, 6.07) is 12.9. The Bertz CT molecular complexity index is 764. The van der Waals surface area contributed by atoms with E-state index in [1.165, 1.54) is 11.3 Å². The van der Waals surface area contributed by atoms with Gasteiger partial charge in [0.1, 0.15) is 5.01 Å². The minimum absolute atomic E-state index is 0.0726. The van der Waals surface area contributed by atoms with Crippen LogP contribution < -0.4 is 0 Å². The van der Waals surface area contributed by atoms with E-state index in [1.807, 2.05) is 24.3 Å². The summed E-state index contributed by atoms with van der Waals surface area (Å²) in [5, 5.41) is 1.48. The topological polar surface area (TPSA) is 30.0 Å². The van der Waals surface area contributed by atoms with E-state index in [-0.39, 0.29) is 12.2 Å². The van der Waals surface area contributed by atoms with E-state index in [2.05, 4.69) is 4.98 Å². The summed E-state index contributed by atoms with van der Waals surface area (Å²) in [4.78, 5) is 16.7. The van der Waals surface area contributed by atoms with Crippen molar-refractivity contribution in [3.63, 3.8) is 0 Å². The lowest BCUT2D eigenvalue weighted by atomic mass is 10.1. The Morgan fingerprint density at radius 3 is 2.70 bits per heavy atom. The minimum Gasteiger partial charge on any atom is -0.294 e. The largest absolute Gasteiger partial charge is 0.294 e. The maximum atomic E-state index is 12.3. The van der Waals surface area contributed by atoms with Crippen LogP contribution in [0, 0.1) is 0 Å². The first-order valence-electron chi connectivity index (χ1n) is 5.97. The van der Waals surface area contributed by atoms with Crippen LogP contribution in [0.25, 0.3) is 10.2 Å². The molecule has 0 fully saturated rings. The molecule has 2 nitrogen and oxygen atoms in total. The zero-order chi connectivity index (χ0) is 14.1. The fraction of sp³-hybridized carbons (Fsp3) is 0.0667. The van der Waals surface area contributed by atoms with Gasteiger partial charge in [-0.1, -0.05) is 41.4 Å². The second-order valence-corrected chi connectivity index (χ2v) is 6.18. The van der Waals surface area contributed by atoms with Gasteiger partial charge < -0.3 is 0 Å². The average Bonchev–Trinajstić information content (AvgIpc) is 2.83. The predicted octanol–water partition coefficient (Wildman–Crippen LogP) is 5.03. The molecule has 0 N–H and O–H groups in total. The fourth-order valence-electron chi connectivity index (χ4n) is 1.95. The van der Waals surface area contributed by atoms with Crippen molar-refractivity contribution in [2.24, 2.45) is 0 Å². The number of fused-ring (bicyclic) bond motifs is 1. The molecule has 0 saturated heterocycles. The number of Topliss-reactive ketones (excluding diaryl/α,β-unsaturated/α-hetero) is 1. The SMILES string of the molecule is O=C(Cc1nc2ccccc2s1)c1cccc(Cl)c1Cl. The number of thiazole rings is 1. The monoisotopic (exact) mass is 321 g/mol. The van der Waals surface area contributed by atoms with Crippen molar-refractivity contribution < 1.29 is 4.79 Å². The van der Waals surface area contributed by atoms with Crippen LogP contribution in [0.2, 0.25) is 10.0 Å². The molecule has 100 valence electrons. The molecule has 0 radical (unpaired) electrons. The molecule has 0 amide bonds. The first kappa shape index (κ1) is 13.6. The van der Waals surface area contributed by atoms with Crippen LogP contribution in [0.4, 0.5) is 0 Å². The average molecular weight is 322 g/mol. The van der Waals surface area contributed by atoms with Gasteiger partial charge in [-0.05, 0) is 24.3 Å². The van der Waals surface area contributed by atoms with Gasteiger partial charge in [0, 0.05) is 5.56 Å². The third kappa shape index (κ3) is 2.57. The number of hydrogen-bond donors (Lipinski definition) is 0. The van der Waals surface area contributed by atoms with E-state index in [0.29, 0.717) is 15.6 Å². The Balaban J connectivity index is 1.90. The van der Waals surface area contributed by atoms with Crippen LogP contribution in [0.15, 0.2) is 42.5 Å². The fourth-order valence-corrected chi connectivity index (χ4v) is 3.32. The third-order valence-corrected chi connectivity index (χ3v) is 4.76. The van der Waals surface area contributed by atoms with Crippen molar-refractivity contribution in [2.45, 2.75) is 6.42 Å². The van der Waals surface area contributed by atoms with Crippen molar-refractivity contribution in [3.05, 3.63) is 63.1 Å². The number of rotatable bonds is 3. The lowest BCUT2D eigenvalue weighted by Crippen LogP contribution is -2.04. The number of para-hydroxylation sites is 1. The molecule has 0 bridgehead atoms. The highest BCUT2D eigenvalue weighted by atomic mass is 35.5. The Morgan fingerprint density at radius 1 is 1.10 bits per heavy atom. The summed E-state index contributed by atoms with van der Waals surface area (Å²) in [5.74, 6) is -0.0726. The first-order valence-corrected chi connectivity index (χ1v) is 7.54. The smallest absolute Gasteiger partial charge is 0.171 e. The van der Waals surface area contributed by atoms with Crippen LogP contribution in [0.3, 0.4) is 0 Å². The number of carbonyl (C=O) groups excluding carboxylic acids is 1. The number of hydrogen-bond acceptors (Lipinski definition) is 3. The van der Waals surface area contributed by atoms with Gasteiger partial charge in [-0.15, -0.1) is 11.3 Å². The molecule has 3 rings (SSSR count). The van der Waals surface area contributed by atoms with Gasteiger partial charge in [-0.25, -0.2) is 4.98 Å². The van der Waals surface area contributed by atoms with Crippen molar-refractivity contribution in [1.82, 2.24) is 4.98 Å². The van der Waals surface area contributed by atoms with Crippen molar-refractivity contribution in [1.29, 1.82) is 0 Å². The van der Waals surface area contributed by atoms with Gasteiger partial charge in [0.2, 0.25) is 0 Å². The summed E-state index contributed by atoms with van der Waals surface area (Å²) in [5.41, 5.74) is 1.36. The van der Waals surface area contributed by atoms with Gasteiger partial charge in [-0.2, -0.15) is 0 Å². The predicted molar refractivity (Wildman–Crippen MR) is 84.1 cm³/mol. The molecule has 0 aliphatic rings. The van der Waals surface area contributed by atoms with E-state index in [1.54, 1.807) is 18.2 Å². The van der Waals surface area contributed by atoms with Gasteiger partial charge >= 0.3 is 0 Å². The summed E-state index contributed by atoms with van der Waals surface area (Å²) < 4.78 is 1.08. The Morgan fingerprint density at radius 2 is 1.90 bits per heavy atom. The molecule has 0 aliphatic heterocycles. The van der Waals surface area contributed by atoms with Crippen molar-refractivity contribution >= 4 is 50.5 Å². The molecular formula is C15H9Cl2NOS. The summed E-state index contributed by atoms with van der Waals surface area (Å²) >= 11 is 13.5. The second kappa shape index (κ2) is 5.52. The standard InChI is InChI=1S/C15H9Cl2NOS/c16-10-5-3-4-9(15(10)17)12(19)8-14-18-11-6-1-2-7-13(11)20-14/h1-7H,8H2. The Kier molecular flexibility index (Phi) is 3.74. The molecule has 0 spiro atoms. The number of ketones is 1. The zero-order valence-corrected chi connectivity index (χ0v) is 12.6. The molecule has 0 atom stereocenters. The summed E-state index contributed by atoms with van der Waals surface area (Å²) in [6.45, 7) is 0. The van der Waals surface area contributed by atoms with E-state index in [4.69, 9.17) is 23.2 Å². The molecule has 0 saturated carbocycles. The van der Waals surface area contributed by atoms with Crippen LogP contribution in [0.1, 0.15) is 15.4 Å². The molecule has 3 aromatic rings. The summed E-state index contributed by atoms with van der Waals surface area (Å²) in [6.07, 6.45) is 0.236. The van der Waals surface area contributed by atoms with E-state index in [9.17, 15) is 4.79 Å². The molecule has 1 heterocycles. The highest BCUT2D eigenvalue weighted by Crippen LogP contribution is 2.28. The quantitative estimate of drug-likeness (QED) is 0.633. The normalized spacial score (nSPS) is 10.9. The highest BCUT2D eigenvalue weighted by Gasteiger charge is 2.15. The number of halogens is 2. The van der Waals surface area contributed by atoms with Crippen LogP contribution >= 0.6 is 34.5 Å². The Hall–Kier alpha value is -1.42. The van der Waals surface area contributed by atoms with Crippen molar-refractivity contribution in [2.75, 3.05) is 0 Å². The van der Waals surface area contributed by atoms with E-state index >= 15 is 0 Å². The van der Waals surface area contributed by atoms with Crippen LogP contribution in [-0.4, -0.2) is 10.8 Å².